The van der Waals surface area contributed by atoms with Crippen LogP contribution in [-0.2, 0) is 5.41 Å². The van der Waals surface area contributed by atoms with Gasteiger partial charge in [-0.2, -0.15) is 0 Å². The molecule has 3 rings (SSSR count). The molecule has 0 spiro atoms. The van der Waals surface area contributed by atoms with E-state index in [1.807, 2.05) is 0 Å². The van der Waals surface area contributed by atoms with E-state index >= 15 is 0 Å². The number of aryl methyl sites for hydroxylation is 1. The molecule has 2 aromatic carbocycles. The van der Waals surface area contributed by atoms with E-state index in [-0.39, 0.29) is 5.41 Å². The minimum Gasteiger partial charge on any atom is -0.456 e. The van der Waals surface area contributed by atoms with Crippen LogP contribution in [0.15, 0.2) is 40.8 Å². The number of hydrogen-bond donors (Lipinski definition) is 0. The maximum Gasteiger partial charge on any atom is 0.139 e. The minimum absolute atomic E-state index is 0.0996. The second-order valence-corrected chi connectivity index (χ2v) is 6.03. The molecule has 3 aromatic rings. The second-order valence-electron chi connectivity index (χ2n) is 6.03. The highest BCUT2D eigenvalue weighted by atomic mass is 16.3. The van der Waals surface area contributed by atoms with Crippen LogP contribution in [0.4, 0.5) is 0 Å². The quantitative estimate of drug-likeness (QED) is 0.525. The van der Waals surface area contributed by atoms with Crippen molar-refractivity contribution in [1.82, 2.24) is 0 Å². The smallest absolute Gasteiger partial charge is 0.139 e. The lowest BCUT2D eigenvalue weighted by molar-refractivity contribution is 0.573. The van der Waals surface area contributed by atoms with E-state index in [1.165, 1.54) is 21.9 Å². The molecule has 0 aliphatic carbocycles. The Morgan fingerprint density at radius 1 is 0.944 bits per heavy atom. The molecule has 0 amide bonds. The molecule has 0 bridgehead atoms. The Hall–Kier alpha value is -1.76. The van der Waals surface area contributed by atoms with Gasteiger partial charge < -0.3 is 4.42 Å². The molecule has 92 valence electrons. The Balaban J connectivity index is 2.46. The highest BCUT2D eigenvalue weighted by Gasteiger charge is 2.20. The van der Waals surface area contributed by atoms with E-state index in [9.17, 15) is 0 Å². The predicted octanol–water partition coefficient (Wildman–Crippen LogP) is 5.19. The maximum absolute atomic E-state index is 6.09. The van der Waals surface area contributed by atoms with Gasteiger partial charge in [0.1, 0.15) is 11.2 Å². The first-order chi connectivity index (χ1) is 8.47. The molecule has 1 heteroatoms. The molecule has 0 fully saturated rings. The zero-order chi connectivity index (χ0) is 12.9. The van der Waals surface area contributed by atoms with Crippen molar-refractivity contribution in [1.29, 1.82) is 0 Å². The molecule has 1 nitrogen and oxygen atoms in total. The molecule has 0 N–H and O–H groups in total. The third-order valence-electron chi connectivity index (χ3n) is 3.46. The van der Waals surface area contributed by atoms with Gasteiger partial charge in [-0.05, 0) is 24.0 Å². The Morgan fingerprint density at radius 3 is 2.44 bits per heavy atom. The Labute approximate surface area is 107 Å². The number of hydrogen-bond acceptors (Lipinski definition) is 1. The van der Waals surface area contributed by atoms with Crippen molar-refractivity contribution < 1.29 is 4.42 Å². The molecule has 0 unspecified atom stereocenters. The van der Waals surface area contributed by atoms with Crippen LogP contribution in [-0.4, -0.2) is 0 Å². The SMILES string of the molecule is Cc1ccc2c(c1)oc1c(C(C)(C)C)cccc12. The normalized spacial score (nSPS) is 12.4. The van der Waals surface area contributed by atoms with E-state index < -0.39 is 0 Å². The zero-order valence-electron chi connectivity index (χ0n) is 11.4. The first kappa shape index (κ1) is 11.3. The third kappa shape index (κ3) is 1.62. The van der Waals surface area contributed by atoms with Gasteiger partial charge in [0, 0.05) is 16.3 Å². The maximum atomic E-state index is 6.09. The van der Waals surface area contributed by atoms with Crippen LogP contribution in [0, 0.1) is 6.92 Å². The molecule has 0 radical (unpaired) electrons. The summed E-state index contributed by atoms with van der Waals surface area (Å²) in [5, 5.41) is 2.43. The largest absolute Gasteiger partial charge is 0.456 e. The van der Waals surface area contributed by atoms with Crippen LogP contribution >= 0.6 is 0 Å². The summed E-state index contributed by atoms with van der Waals surface area (Å²) in [5.41, 5.74) is 4.63. The standard InChI is InChI=1S/C17H18O/c1-11-8-9-12-13-6-5-7-14(17(2,3)4)16(13)18-15(12)10-11/h5-10H,1-4H3. The Kier molecular flexibility index (Phi) is 2.28. The average Bonchev–Trinajstić information content (AvgIpc) is 2.64. The van der Waals surface area contributed by atoms with Gasteiger partial charge in [0.05, 0.1) is 0 Å². The number of rotatable bonds is 0. The summed E-state index contributed by atoms with van der Waals surface area (Å²) in [6, 6.07) is 12.8. The molecular formula is C17H18O. The van der Waals surface area contributed by atoms with Crippen molar-refractivity contribution in [2.45, 2.75) is 33.1 Å². The minimum atomic E-state index is 0.0996. The summed E-state index contributed by atoms with van der Waals surface area (Å²) in [4.78, 5) is 0. The van der Waals surface area contributed by atoms with Gasteiger partial charge in [0.15, 0.2) is 0 Å². The summed E-state index contributed by atoms with van der Waals surface area (Å²) in [6.45, 7) is 8.76. The molecule has 1 heterocycles. The van der Waals surface area contributed by atoms with E-state index in [0.717, 1.165) is 11.2 Å². The van der Waals surface area contributed by atoms with Crippen LogP contribution in [0.25, 0.3) is 21.9 Å². The van der Waals surface area contributed by atoms with Gasteiger partial charge in [-0.3, -0.25) is 0 Å². The van der Waals surface area contributed by atoms with Crippen molar-refractivity contribution >= 4 is 21.9 Å². The first-order valence-corrected chi connectivity index (χ1v) is 6.39. The molecule has 18 heavy (non-hydrogen) atoms. The lowest BCUT2D eigenvalue weighted by atomic mass is 9.86. The van der Waals surface area contributed by atoms with Crippen molar-refractivity contribution in [2.75, 3.05) is 0 Å². The highest BCUT2D eigenvalue weighted by Crippen LogP contribution is 2.36. The average molecular weight is 238 g/mol. The highest BCUT2D eigenvalue weighted by molar-refractivity contribution is 6.06. The first-order valence-electron chi connectivity index (χ1n) is 6.39. The van der Waals surface area contributed by atoms with Crippen molar-refractivity contribution in [3.05, 3.63) is 47.5 Å². The number of benzene rings is 2. The fraction of sp³-hybridized carbons (Fsp3) is 0.294. The molecule has 0 aliphatic heterocycles. The van der Waals surface area contributed by atoms with Gasteiger partial charge in [-0.15, -0.1) is 0 Å². The second kappa shape index (κ2) is 3.61. The molecule has 0 aliphatic rings. The van der Waals surface area contributed by atoms with Gasteiger partial charge >= 0.3 is 0 Å². The Bertz CT molecular complexity index is 726. The predicted molar refractivity (Wildman–Crippen MR) is 77.2 cm³/mol. The fourth-order valence-corrected chi connectivity index (χ4v) is 2.50. The van der Waals surface area contributed by atoms with Gasteiger partial charge in [-0.1, -0.05) is 51.1 Å². The van der Waals surface area contributed by atoms with E-state index in [1.54, 1.807) is 0 Å². The fourth-order valence-electron chi connectivity index (χ4n) is 2.50. The summed E-state index contributed by atoms with van der Waals surface area (Å²) in [5.74, 6) is 0. The van der Waals surface area contributed by atoms with Crippen LogP contribution in [0.1, 0.15) is 31.9 Å². The van der Waals surface area contributed by atoms with Gasteiger partial charge in [0.25, 0.3) is 0 Å². The van der Waals surface area contributed by atoms with Crippen LogP contribution in [0.5, 0.6) is 0 Å². The van der Waals surface area contributed by atoms with Gasteiger partial charge in [-0.25, -0.2) is 0 Å². The monoisotopic (exact) mass is 238 g/mol. The number of furan rings is 1. The number of para-hydroxylation sites is 1. The van der Waals surface area contributed by atoms with Crippen LogP contribution < -0.4 is 0 Å². The summed E-state index contributed by atoms with van der Waals surface area (Å²) in [7, 11) is 0. The summed E-state index contributed by atoms with van der Waals surface area (Å²) in [6.07, 6.45) is 0. The zero-order valence-corrected chi connectivity index (χ0v) is 11.4. The van der Waals surface area contributed by atoms with Crippen molar-refractivity contribution in [2.24, 2.45) is 0 Å². The molecule has 1 aromatic heterocycles. The Morgan fingerprint density at radius 2 is 1.72 bits per heavy atom. The van der Waals surface area contributed by atoms with E-state index in [0.29, 0.717) is 0 Å². The topological polar surface area (TPSA) is 13.1 Å². The molecule has 0 saturated heterocycles. The third-order valence-corrected chi connectivity index (χ3v) is 3.46. The van der Waals surface area contributed by atoms with Crippen LogP contribution in [0.2, 0.25) is 0 Å². The molecule has 0 atom stereocenters. The van der Waals surface area contributed by atoms with Crippen molar-refractivity contribution in [3.8, 4) is 0 Å². The van der Waals surface area contributed by atoms with Crippen molar-refractivity contribution in [3.63, 3.8) is 0 Å². The molecular weight excluding hydrogens is 220 g/mol. The molecule has 0 saturated carbocycles. The van der Waals surface area contributed by atoms with E-state index in [4.69, 9.17) is 4.42 Å². The summed E-state index contributed by atoms with van der Waals surface area (Å²) >= 11 is 0. The lowest BCUT2D eigenvalue weighted by Gasteiger charge is -2.18. The summed E-state index contributed by atoms with van der Waals surface area (Å²) < 4.78 is 6.09. The van der Waals surface area contributed by atoms with Gasteiger partial charge in [0.2, 0.25) is 0 Å². The van der Waals surface area contributed by atoms with Crippen LogP contribution in [0.3, 0.4) is 0 Å². The number of fused-ring (bicyclic) bond motifs is 3. The lowest BCUT2D eigenvalue weighted by Crippen LogP contribution is -2.10. The van der Waals surface area contributed by atoms with E-state index in [2.05, 4.69) is 64.1 Å².